The molecule has 0 unspecified atom stereocenters. The van der Waals surface area contributed by atoms with E-state index in [1.165, 1.54) is 4.88 Å². The van der Waals surface area contributed by atoms with Crippen LogP contribution < -0.4 is 0 Å². The summed E-state index contributed by atoms with van der Waals surface area (Å²) in [4.78, 5) is 7.85. The summed E-state index contributed by atoms with van der Waals surface area (Å²) in [5.74, 6) is 1.39. The fourth-order valence-electron chi connectivity index (χ4n) is 1.50. The van der Waals surface area contributed by atoms with Crippen molar-refractivity contribution >= 4 is 11.3 Å². The number of hydrogen-bond acceptors (Lipinski definition) is 5. The van der Waals surface area contributed by atoms with E-state index in [0.29, 0.717) is 11.7 Å². The van der Waals surface area contributed by atoms with Gasteiger partial charge in [-0.25, -0.2) is 0 Å². The predicted octanol–water partition coefficient (Wildman–Crippen LogP) is 2.46. The van der Waals surface area contributed by atoms with Crippen LogP contribution in [0.5, 0.6) is 0 Å². The lowest BCUT2D eigenvalue weighted by atomic mass is 10.4. The highest BCUT2D eigenvalue weighted by Crippen LogP contribution is 2.13. The van der Waals surface area contributed by atoms with E-state index in [1.54, 1.807) is 11.3 Å². The Bertz CT molecular complexity index is 424. The average molecular weight is 237 g/mol. The molecular formula is C11H15N3OS. The maximum atomic E-state index is 5.12. The summed E-state index contributed by atoms with van der Waals surface area (Å²) in [6.07, 6.45) is 0. The first-order valence-corrected chi connectivity index (χ1v) is 6.20. The van der Waals surface area contributed by atoms with Gasteiger partial charge < -0.3 is 4.52 Å². The fourth-order valence-corrected chi connectivity index (χ4v) is 2.24. The molecule has 2 rings (SSSR count). The van der Waals surface area contributed by atoms with Gasteiger partial charge in [0, 0.05) is 11.4 Å². The summed E-state index contributed by atoms with van der Waals surface area (Å²) >= 11 is 1.77. The molecular weight excluding hydrogens is 222 g/mol. The van der Waals surface area contributed by atoms with Crippen molar-refractivity contribution in [3.8, 4) is 0 Å². The van der Waals surface area contributed by atoms with Gasteiger partial charge in [0.1, 0.15) is 0 Å². The zero-order chi connectivity index (χ0) is 11.4. The summed E-state index contributed by atoms with van der Waals surface area (Å²) in [6, 6.07) is 4.22. The molecule has 0 fully saturated rings. The standard InChI is InChI=1S/C11H15N3OS/c1-3-14(7-10-5-4-6-16-10)8-11-12-9(2)13-15-11/h4-6H,3,7-8H2,1-2H3. The zero-order valence-electron chi connectivity index (χ0n) is 9.51. The minimum atomic E-state index is 0.691. The molecule has 0 saturated heterocycles. The van der Waals surface area contributed by atoms with Gasteiger partial charge in [0.25, 0.3) is 0 Å². The first kappa shape index (κ1) is 11.3. The Kier molecular flexibility index (Phi) is 3.69. The van der Waals surface area contributed by atoms with E-state index in [2.05, 4.69) is 39.5 Å². The molecule has 5 heteroatoms. The lowest BCUT2D eigenvalue weighted by Crippen LogP contribution is -2.21. The van der Waals surface area contributed by atoms with Crippen molar-refractivity contribution < 1.29 is 4.52 Å². The van der Waals surface area contributed by atoms with E-state index in [1.807, 2.05) is 6.92 Å². The van der Waals surface area contributed by atoms with Crippen LogP contribution in [0.25, 0.3) is 0 Å². The third kappa shape index (κ3) is 2.90. The highest BCUT2D eigenvalue weighted by molar-refractivity contribution is 7.09. The molecule has 0 atom stereocenters. The van der Waals surface area contributed by atoms with Crippen molar-refractivity contribution in [1.29, 1.82) is 0 Å². The third-order valence-electron chi connectivity index (χ3n) is 2.34. The average Bonchev–Trinajstić information content (AvgIpc) is 2.89. The molecule has 4 nitrogen and oxygen atoms in total. The minimum Gasteiger partial charge on any atom is -0.338 e. The summed E-state index contributed by atoms with van der Waals surface area (Å²) < 4.78 is 5.12. The van der Waals surface area contributed by atoms with Gasteiger partial charge in [-0.1, -0.05) is 18.1 Å². The van der Waals surface area contributed by atoms with E-state index in [-0.39, 0.29) is 0 Å². The predicted molar refractivity (Wildman–Crippen MR) is 63.1 cm³/mol. The Morgan fingerprint density at radius 2 is 2.31 bits per heavy atom. The molecule has 0 amide bonds. The summed E-state index contributed by atoms with van der Waals surface area (Å²) in [5.41, 5.74) is 0. The number of thiophene rings is 1. The molecule has 2 heterocycles. The number of aromatic nitrogens is 2. The van der Waals surface area contributed by atoms with Crippen LogP contribution in [0.4, 0.5) is 0 Å². The summed E-state index contributed by atoms with van der Waals surface area (Å²) in [7, 11) is 0. The minimum absolute atomic E-state index is 0.691. The van der Waals surface area contributed by atoms with Gasteiger partial charge in [-0.2, -0.15) is 4.98 Å². The Morgan fingerprint density at radius 1 is 1.44 bits per heavy atom. The van der Waals surface area contributed by atoms with Crippen molar-refractivity contribution in [3.63, 3.8) is 0 Å². The van der Waals surface area contributed by atoms with E-state index in [4.69, 9.17) is 4.52 Å². The van der Waals surface area contributed by atoms with E-state index in [0.717, 1.165) is 19.6 Å². The molecule has 0 spiro atoms. The van der Waals surface area contributed by atoms with Gasteiger partial charge >= 0.3 is 0 Å². The van der Waals surface area contributed by atoms with Crippen molar-refractivity contribution in [2.45, 2.75) is 26.9 Å². The fraction of sp³-hybridized carbons (Fsp3) is 0.455. The normalized spacial score (nSPS) is 11.2. The van der Waals surface area contributed by atoms with Gasteiger partial charge in [-0.05, 0) is 24.9 Å². The molecule has 0 bridgehead atoms. The molecule has 0 saturated carbocycles. The first-order chi connectivity index (χ1) is 7.78. The topological polar surface area (TPSA) is 42.2 Å². The van der Waals surface area contributed by atoms with Crippen molar-refractivity contribution in [1.82, 2.24) is 15.0 Å². The van der Waals surface area contributed by atoms with E-state index >= 15 is 0 Å². The van der Waals surface area contributed by atoms with Crippen LogP contribution in [0, 0.1) is 6.92 Å². The Balaban J connectivity index is 1.95. The number of hydrogen-bond donors (Lipinski definition) is 0. The SMILES string of the molecule is CCN(Cc1nc(C)no1)Cc1cccs1. The molecule has 0 N–H and O–H groups in total. The van der Waals surface area contributed by atoms with Crippen LogP contribution >= 0.6 is 11.3 Å². The second kappa shape index (κ2) is 5.23. The van der Waals surface area contributed by atoms with Gasteiger partial charge in [0.15, 0.2) is 5.82 Å². The molecule has 2 aromatic rings. The van der Waals surface area contributed by atoms with E-state index < -0.39 is 0 Å². The smallest absolute Gasteiger partial charge is 0.240 e. The Labute approximate surface area is 98.9 Å². The number of rotatable bonds is 5. The lowest BCUT2D eigenvalue weighted by Gasteiger charge is -2.16. The van der Waals surface area contributed by atoms with E-state index in [9.17, 15) is 0 Å². The molecule has 0 aliphatic heterocycles. The van der Waals surface area contributed by atoms with Crippen LogP contribution in [0.15, 0.2) is 22.0 Å². The van der Waals surface area contributed by atoms with Crippen LogP contribution in [0.1, 0.15) is 23.5 Å². The van der Waals surface area contributed by atoms with Gasteiger partial charge in [-0.3, -0.25) is 4.90 Å². The Morgan fingerprint density at radius 3 is 2.88 bits per heavy atom. The summed E-state index contributed by atoms with van der Waals surface area (Å²) in [5, 5.41) is 5.89. The van der Waals surface area contributed by atoms with Crippen LogP contribution in [0.2, 0.25) is 0 Å². The maximum Gasteiger partial charge on any atom is 0.240 e. The number of aryl methyl sites for hydroxylation is 1. The van der Waals surface area contributed by atoms with Crippen LogP contribution in [-0.2, 0) is 13.1 Å². The van der Waals surface area contributed by atoms with Crippen molar-refractivity contribution in [3.05, 3.63) is 34.1 Å². The van der Waals surface area contributed by atoms with Crippen molar-refractivity contribution in [2.24, 2.45) is 0 Å². The molecule has 2 aromatic heterocycles. The Hall–Kier alpha value is -1.20. The monoisotopic (exact) mass is 237 g/mol. The summed E-state index contributed by atoms with van der Waals surface area (Å²) in [6.45, 7) is 6.60. The second-order valence-electron chi connectivity index (χ2n) is 3.62. The maximum absolute atomic E-state index is 5.12. The highest BCUT2D eigenvalue weighted by atomic mass is 32.1. The highest BCUT2D eigenvalue weighted by Gasteiger charge is 2.10. The first-order valence-electron chi connectivity index (χ1n) is 5.32. The largest absolute Gasteiger partial charge is 0.338 e. The number of nitrogens with zero attached hydrogens (tertiary/aromatic N) is 3. The molecule has 0 aliphatic rings. The second-order valence-corrected chi connectivity index (χ2v) is 4.65. The molecule has 0 radical (unpaired) electrons. The molecule has 0 aromatic carbocycles. The quantitative estimate of drug-likeness (QED) is 0.801. The van der Waals surface area contributed by atoms with Gasteiger partial charge in [0.2, 0.25) is 5.89 Å². The van der Waals surface area contributed by atoms with Crippen LogP contribution in [-0.4, -0.2) is 21.6 Å². The molecule has 86 valence electrons. The van der Waals surface area contributed by atoms with Gasteiger partial charge in [-0.15, -0.1) is 11.3 Å². The molecule has 16 heavy (non-hydrogen) atoms. The van der Waals surface area contributed by atoms with Gasteiger partial charge in [0.05, 0.1) is 6.54 Å². The third-order valence-corrected chi connectivity index (χ3v) is 3.20. The van der Waals surface area contributed by atoms with Crippen molar-refractivity contribution in [2.75, 3.05) is 6.54 Å². The van der Waals surface area contributed by atoms with Crippen LogP contribution in [0.3, 0.4) is 0 Å². The zero-order valence-corrected chi connectivity index (χ0v) is 10.3. The molecule has 0 aliphatic carbocycles. The lowest BCUT2D eigenvalue weighted by molar-refractivity contribution is 0.230.